The predicted octanol–water partition coefficient (Wildman–Crippen LogP) is 2.71. The number of anilines is 1. The number of pyridine rings is 1. The number of hydrogen-bond acceptors (Lipinski definition) is 4. The minimum absolute atomic E-state index is 0.00318. The molecule has 1 amide bonds. The Morgan fingerprint density at radius 3 is 2.80 bits per heavy atom. The molecule has 0 saturated carbocycles. The lowest BCUT2D eigenvalue weighted by Crippen LogP contribution is -2.35. The molecule has 25 heavy (non-hydrogen) atoms. The van der Waals surface area contributed by atoms with Gasteiger partial charge < -0.3 is 14.4 Å². The Labute approximate surface area is 149 Å². The van der Waals surface area contributed by atoms with Gasteiger partial charge in [0.1, 0.15) is 11.6 Å². The highest BCUT2D eigenvalue weighted by atomic mass is 16.2. The van der Waals surface area contributed by atoms with Crippen molar-refractivity contribution >= 4 is 11.7 Å². The van der Waals surface area contributed by atoms with Gasteiger partial charge in [-0.1, -0.05) is 6.92 Å². The summed E-state index contributed by atoms with van der Waals surface area (Å²) in [6.07, 6.45) is 7.84. The molecule has 3 rings (SSSR count). The minimum atomic E-state index is -0.00318. The van der Waals surface area contributed by atoms with Crippen LogP contribution in [-0.2, 0) is 13.6 Å². The van der Waals surface area contributed by atoms with Crippen molar-refractivity contribution in [1.82, 2.24) is 19.4 Å². The molecule has 6 nitrogen and oxygen atoms in total. The van der Waals surface area contributed by atoms with Crippen LogP contribution in [0.3, 0.4) is 0 Å². The third-order valence-corrected chi connectivity index (χ3v) is 4.90. The van der Waals surface area contributed by atoms with E-state index in [4.69, 9.17) is 0 Å². The quantitative estimate of drug-likeness (QED) is 0.839. The van der Waals surface area contributed by atoms with Crippen molar-refractivity contribution in [2.45, 2.75) is 33.2 Å². The van der Waals surface area contributed by atoms with Gasteiger partial charge in [0.05, 0.1) is 12.1 Å². The van der Waals surface area contributed by atoms with Gasteiger partial charge in [0.2, 0.25) is 0 Å². The lowest BCUT2D eigenvalue weighted by molar-refractivity contribution is 0.0747. The van der Waals surface area contributed by atoms with Gasteiger partial charge in [0, 0.05) is 45.3 Å². The van der Waals surface area contributed by atoms with E-state index < -0.39 is 0 Å². The number of aromatic nitrogens is 3. The van der Waals surface area contributed by atoms with Gasteiger partial charge in [0.15, 0.2) is 0 Å². The fourth-order valence-corrected chi connectivity index (χ4v) is 3.33. The zero-order chi connectivity index (χ0) is 17.8. The van der Waals surface area contributed by atoms with Crippen molar-refractivity contribution in [2.24, 2.45) is 13.0 Å². The Hall–Kier alpha value is -2.37. The molecule has 134 valence electrons. The van der Waals surface area contributed by atoms with E-state index in [1.54, 1.807) is 17.3 Å². The van der Waals surface area contributed by atoms with Crippen LogP contribution in [-0.4, -0.2) is 45.0 Å². The van der Waals surface area contributed by atoms with E-state index in [0.717, 1.165) is 24.7 Å². The zero-order valence-electron chi connectivity index (χ0n) is 15.4. The van der Waals surface area contributed by atoms with Gasteiger partial charge in [-0.2, -0.15) is 0 Å². The Morgan fingerprint density at radius 1 is 1.36 bits per heavy atom. The normalized spacial score (nSPS) is 17.6. The fraction of sp³-hybridized carbons (Fsp3) is 0.526. The fourth-order valence-electron chi connectivity index (χ4n) is 3.33. The predicted molar refractivity (Wildman–Crippen MR) is 98.5 cm³/mol. The van der Waals surface area contributed by atoms with E-state index in [0.29, 0.717) is 24.6 Å². The lowest BCUT2D eigenvalue weighted by atomic mass is 10.0. The number of rotatable bonds is 5. The highest BCUT2D eigenvalue weighted by Crippen LogP contribution is 2.21. The Morgan fingerprint density at radius 2 is 2.20 bits per heavy atom. The standard InChI is InChI=1S/C19H27N5O/c1-4-23(14-18-20-9-11-22(18)3)19(25)16-7-8-17(21-12-16)24-10-5-6-15(2)13-24/h7-9,11-12,15H,4-6,10,13-14H2,1-3H3. The average Bonchev–Trinajstić information content (AvgIpc) is 3.04. The molecule has 2 aromatic heterocycles. The summed E-state index contributed by atoms with van der Waals surface area (Å²) in [5.41, 5.74) is 0.630. The van der Waals surface area contributed by atoms with E-state index in [9.17, 15) is 4.79 Å². The molecule has 0 bridgehead atoms. The lowest BCUT2D eigenvalue weighted by Gasteiger charge is -2.31. The topological polar surface area (TPSA) is 54.3 Å². The molecule has 0 radical (unpaired) electrons. The number of piperidine rings is 1. The van der Waals surface area contributed by atoms with Crippen molar-refractivity contribution in [3.63, 3.8) is 0 Å². The molecule has 1 aliphatic heterocycles. The van der Waals surface area contributed by atoms with E-state index in [1.807, 2.05) is 36.9 Å². The first kappa shape index (κ1) is 17.5. The molecule has 1 aliphatic rings. The van der Waals surface area contributed by atoms with Crippen LogP contribution in [0.1, 0.15) is 42.9 Å². The molecule has 6 heteroatoms. The third-order valence-electron chi connectivity index (χ3n) is 4.90. The van der Waals surface area contributed by atoms with Gasteiger partial charge in [-0.05, 0) is 37.8 Å². The van der Waals surface area contributed by atoms with Crippen molar-refractivity contribution in [3.8, 4) is 0 Å². The van der Waals surface area contributed by atoms with Crippen molar-refractivity contribution in [1.29, 1.82) is 0 Å². The van der Waals surface area contributed by atoms with E-state index >= 15 is 0 Å². The van der Waals surface area contributed by atoms with Gasteiger partial charge in [0.25, 0.3) is 5.91 Å². The summed E-state index contributed by atoms with van der Waals surface area (Å²) < 4.78 is 1.94. The van der Waals surface area contributed by atoms with Gasteiger partial charge in [-0.15, -0.1) is 0 Å². The highest BCUT2D eigenvalue weighted by Gasteiger charge is 2.20. The Bertz CT molecular complexity index is 709. The number of aryl methyl sites for hydroxylation is 1. The molecule has 1 unspecified atom stereocenters. The average molecular weight is 341 g/mol. The number of carbonyl (C=O) groups is 1. The maximum Gasteiger partial charge on any atom is 0.255 e. The second kappa shape index (κ2) is 7.68. The number of amides is 1. The Kier molecular flexibility index (Phi) is 5.36. The molecule has 0 aromatic carbocycles. The van der Waals surface area contributed by atoms with Crippen molar-refractivity contribution in [3.05, 3.63) is 42.1 Å². The first-order valence-corrected chi connectivity index (χ1v) is 9.05. The Balaban J connectivity index is 1.69. The van der Waals surface area contributed by atoms with Crippen LogP contribution in [0.15, 0.2) is 30.7 Å². The van der Waals surface area contributed by atoms with Crippen LogP contribution in [0.2, 0.25) is 0 Å². The second-order valence-electron chi connectivity index (χ2n) is 6.87. The summed E-state index contributed by atoms with van der Waals surface area (Å²) in [6, 6.07) is 3.87. The second-order valence-corrected chi connectivity index (χ2v) is 6.87. The van der Waals surface area contributed by atoms with E-state index in [1.165, 1.54) is 12.8 Å². The van der Waals surface area contributed by atoms with Crippen LogP contribution in [0, 0.1) is 5.92 Å². The molecule has 1 fully saturated rings. The summed E-state index contributed by atoms with van der Waals surface area (Å²) in [5.74, 6) is 2.54. The van der Waals surface area contributed by atoms with E-state index in [-0.39, 0.29) is 5.91 Å². The molecule has 1 saturated heterocycles. The molecule has 2 aromatic rings. The molecule has 3 heterocycles. The number of carbonyl (C=O) groups excluding carboxylic acids is 1. The molecular weight excluding hydrogens is 314 g/mol. The summed E-state index contributed by atoms with van der Waals surface area (Å²) in [5, 5.41) is 0. The number of imidazole rings is 1. The SMILES string of the molecule is CCN(Cc1nccn1C)C(=O)c1ccc(N2CCCC(C)C2)nc1. The van der Waals surface area contributed by atoms with Crippen LogP contribution in [0.5, 0.6) is 0 Å². The van der Waals surface area contributed by atoms with Crippen LogP contribution in [0.25, 0.3) is 0 Å². The first-order chi connectivity index (χ1) is 12.1. The summed E-state index contributed by atoms with van der Waals surface area (Å²) >= 11 is 0. The maximum atomic E-state index is 12.8. The first-order valence-electron chi connectivity index (χ1n) is 9.05. The van der Waals surface area contributed by atoms with Gasteiger partial charge in [-0.3, -0.25) is 4.79 Å². The summed E-state index contributed by atoms with van der Waals surface area (Å²) in [7, 11) is 1.94. The highest BCUT2D eigenvalue weighted by molar-refractivity contribution is 5.94. The molecule has 1 atom stereocenters. The van der Waals surface area contributed by atoms with Gasteiger partial charge >= 0.3 is 0 Å². The van der Waals surface area contributed by atoms with Crippen LogP contribution >= 0.6 is 0 Å². The smallest absolute Gasteiger partial charge is 0.255 e. The minimum Gasteiger partial charge on any atom is -0.356 e. The largest absolute Gasteiger partial charge is 0.356 e. The van der Waals surface area contributed by atoms with Crippen molar-refractivity contribution in [2.75, 3.05) is 24.5 Å². The monoisotopic (exact) mass is 341 g/mol. The third kappa shape index (κ3) is 4.00. The summed E-state index contributed by atoms with van der Waals surface area (Å²) in [4.78, 5) is 25.8. The zero-order valence-corrected chi connectivity index (χ0v) is 15.4. The number of hydrogen-bond donors (Lipinski definition) is 0. The van der Waals surface area contributed by atoms with Crippen LogP contribution < -0.4 is 4.90 Å². The van der Waals surface area contributed by atoms with Crippen LogP contribution in [0.4, 0.5) is 5.82 Å². The number of nitrogens with zero attached hydrogens (tertiary/aromatic N) is 5. The molecule has 0 aliphatic carbocycles. The van der Waals surface area contributed by atoms with Gasteiger partial charge in [-0.25, -0.2) is 9.97 Å². The molecular formula is C19H27N5O. The maximum absolute atomic E-state index is 12.8. The summed E-state index contributed by atoms with van der Waals surface area (Å²) in [6.45, 7) is 7.49. The molecule has 0 spiro atoms. The molecule has 0 N–H and O–H groups in total. The van der Waals surface area contributed by atoms with Crippen molar-refractivity contribution < 1.29 is 4.79 Å². The van der Waals surface area contributed by atoms with E-state index in [2.05, 4.69) is 21.8 Å².